The van der Waals surface area contributed by atoms with Crippen molar-refractivity contribution in [2.45, 2.75) is 51.4 Å². The van der Waals surface area contributed by atoms with E-state index in [2.05, 4.69) is 35.3 Å². The standard InChI is InChI=1S/C20H28F3N3O/c1-15-4-2-3-5-16(15)14-25-10-8-18(9-11-25)24-19(27)26-12-6-17(7-13-26)20(21,22)23/h2-5,17-18H,6-14H2,1H3,(H,24,27). The van der Waals surface area contributed by atoms with E-state index in [1.165, 1.54) is 16.0 Å². The molecule has 1 N–H and O–H groups in total. The zero-order valence-corrected chi connectivity index (χ0v) is 15.8. The van der Waals surface area contributed by atoms with Crippen molar-refractivity contribution < 1.29 is 18.0 Å². The molecule has 0 radical (unpaired) electrons. The average Bonchev–Trinajstić information content (AvgIpc) is 2.64. The summed E-state index contributed by atoms with van der Waals surface area (Å²) in [5, 5.41) is 3.02. The molecule has 1 aromatic carbocycles. The molecule has 2 amide bonds. The summed E-state index contributed by atoms with van der Waals surface area (Å²) in [6.45, 7) is 5.22. The number of likely N-dealkylation sites (tertiary alicyclic amines) is 2. The number of halogens is 3. The lowest BCUT2D eigenvalue weighted by atomic mass is 9.96. The van der Waals surface area contributed by atoms with E-state index in [0.29, 0.717) is 0 Å². The molecule has 7 heteroatoms. The predicted molar refractivity (Wildman–Crippen MR) is 98.4 cm³/mol. The number of rotatable bonds is 3. The Bertz CT molecular complexity index is 634. The van der Waals surface area contributed by atoms with Crippen molar-refractivity contribution in [1.29, 1.82) is 0 Å². The van der Waals surface area contributed by atoms with Crippen molar-refractivity contribution in [3.05, 3.63) is 35.4 Å². The van der Waals surface area contributed by atoms with Gasteiger partial charge in [0.05, 0.1) is 5.92 Å². The molecule has 2 saturated heterocycles. The SMILES string of the molecule is Cc1ccccc1CN1CCC(NC(=O)N2CCC(C(F)(F)F)CC2)CC1. The van der Waals surface area contributed by atoms with Crippen LogP contribution in [0, 0.1) is 12.8 Å². The summed E-state index contributed by atoms with van der Waals surface area (Å²) in [7, 11) is 0. The first-order valence-corrected chi connectivity index (χ1v) is 9.72. The predicted octanol–water partition coefficient (Wildman–Crippen LogP) is 3.94. The number of nitrogens with zero attached hydrogens (tertiary/aromatic N) is 2. The molecule has 4 nitrogen and oxygen atoms in total. The van der Waals surface area contributed by atoms with E-state index < -0.39 is 12.1 Å². The van der Waals surface area contributed by atoms with Gasteiger partial charge in [0.1, 0.15) is 0 Å². The van der Waals surface area contributed by atoms with E-state index in [9.17, 15) is 18.0 Å². The molecule has 27 heavy (non-hydrogen) atoms. The van der Waals surface area contributed by atoms with Gasteiger partial charge in [0.25, 0.3) is 0 Å². The Labute approximate surface area is 158 Å². The van der Waals surface area contributed by atoms with Gasteiger partial charge in [-0.25, -0.2) is 4.79 Å². The molecule has 2 aliphatic rings. The summed E-state index contributed by atoms with van der Waals surface area (Å²) in [4.78, 5) is 16.3. The molecule has 0 unspecified atom stereocenters. The first kappa shape index (κ1) is 20.0. The van der Waals surface area contributed by atoms with Gasteiger partial charge < -0.3 is 10.2 Å². The maximum absolute atomic E-state index is 12.7. The van der Waals surface area contributed by atoms with Crippen LogP contribution in [-0.2, 0) is 6.54 Å². The van der Waals surface area contributed by atoms with Crippen LogP contribution in [0.4, 0.5) is 18.0 Å². The van der Waals surface area contributed by atoms with Crippen LogP contribution in [0.2, 0.25) is 0 Å². The molecule has 0 spiro atoms. The van der Waals surface area contributed by atoms with Gasteiger partial charge in [-0.05, 0) is 43.7 Å². The number of nitrogens with one attached hydrogen (secondary N) is 1. The molecule has 0 saturated carbocycles. The fourth-order valence-electron chi connectivity index (χ4n) is 3.94. The highest BCUT2D eigenvalue weighted by Crippen LogP contribution is 2.34. The van der Waals surface area contributed by atoms with Crippen molar-refractivity contribution >= 4 is 6.03 Å². The molecule has 150 valence electrons. The van der Waals surface area contributed by atoms with Crippen LogP contribution in [0.25, 0.3) is 0 Å². The highest BCUT2D eigenvalue weighted by atomic mass is 19.4. The Morgan fingerprint density at radius 1 is 1.07 bits per heavy atom. The van der Waals surface area contributed by atoms with Gasteiger partial charge in [-0.3, -0.25) is 4.90 Å². The first-order valence-electron chi connectivity index (χ1n) is 9.72. The summed E-state index contributed by atoms with van der Waals surface area (Å²) < 4.78 is 38.2. The van der Waals surface area contributed by atoms with Crippen molar-refractivity contribution in [3.63, 3.8) is 0 Å². The van der Waals surface area contributed by atoms with Crippen LogP contribution in [0.3, 0.4) is 0 Å². The molecule has 2 aliphatic heterocycles. The second-order valence-electron chi connectivity index (χ2n) is 7.73. The van der Waals surface area contributed by atoms with Crippen LogP contribution in [0.5, 0.6) is 0 Å². The number of piperidine rings is 2. The Balaban J connectivity index is 1.40. The van der Waals surface area contributed by atoms with Gasteiger partial charge in [-0.2, -0.15) is 13.2 Å². The smallest absolute Gasteiger partial charge is 0.335 e. The number of alkyl halides is 3. The van der Waals surface area contributed by atoms with E-state index in [1.54, 1.807) is 0 Å². The minimum Gasteiger partial charge on any atom is -0.335 e. The molecule has 3 rings (SSSR count). The number of hydrogen-bond acceptors (Lipinski definition) is 2. The monoisotopic (exact) mass is 383 g/mol. The number of hydrogen-bond donors (Lipinski definition) is 1. The largest absolute Gasteiger partial charge is 0.391 e. The zero-order chi connectivity index (χ0) is 19.4. The van der Waals surface area contributed by atoms with E-state index in [0.717, 1.165) is 32.5 Å². The number of amides is 2. The first-order chi connectivity index (χ1) is 12.8. The number of benzene rings is 1. The number of carbonyl (C=O) groups excluding carboxylic acids is 1. The van der Waals surface area contributed by atoms with E-state index in [-0.39, 0.29) is 38.0 Å². The summed E-state index contributed by atoms with van der Waals surface area (Å²) in [6, 6.07) is 8.24. The quantitative estimate of drug-likeness (QED) is 0.858. The van der Waals surface area contributed by atoms with Crippen LogP contribution < -0.4 is 5.32 Å². The molecule has 0 atom stereocenters. The molecule has 1 aromatic rings. The molecule has 0 aromatic heterocycles. The number of urea groups is 1. The van der Waals surface area contributed by atoms with Crippen molar-refractivity contribution in [1.82, 2.24) is 15.1 Å². The minimum atomic E-state index is -4.15. The summed E-state index contributed by atoms with van der Waals surface area (Å²) in [6.07, 6.45) is -2.39. The minimum absolute atomic E-state index is 0.00575. The summed E-state index contributed by atoms with van der Waals surface area (Å²) in [5.41, 5.74) is 2.61. The van der Waals surface area contributed by atoms with E-state index in [4.69, 9.17) is 0 Å². The highest BCUT2D eigenvalue weighted by molar-refractivity contribution is 5.74. The Morgan fingerprint density at radius 3 is 2.30 bits per heavy atom. The third-order valence-electron chi connectivity index (χ3n) is 5.82. The van der Waals surface area contributed by atoms with Crippen LogP contribution in [0.1, 0.15) is 36.8 Å². The van der Waals surface area contributed by atoms with Crippen molar-refractivity contribution in [2.75, 3.05) is 26.2 Å². The molecule has 0 bridgehead atoms. The third-order valence-corrected chi connectivity index (χ3v) is 5.82. The molecule has 0 aliphatic carbocycles. The Hall–Kier alpha value is -1.76. The second-order valence-corrected chi connectivity index (χ2v) is 7.73. The Kier molecular flexibility index (Phi) is 6.29. The maximum Gasteiger partial charge on any atom is 0.391 e. The van der Waals surface area contributed by atoms with Crippen LogP contribution in [-0.4, -0.2) is 54.2 Å². The second kappa shape index (κ2) is 8.50. The number of aryl methyl sites for hydroxylation is 1. The molecule has 2 fully saturated rings. The molecular weight excluding hydrogens is 355 g/mol. The normalized spacial score (nSPS) is 20.7. The number of carbonyl (C=O) groups is 1. The fourth-order valence-corrected chi connectivity index (χ4v) is 3.94. The lowest BCUT2D eigenvalue weighted by molar-refractivity contribution is -0.183. The lowest BCUT2D eigenvalue weighted by Gasteiger charge is -2.36. The molecular formula is C20H28F3N3O. The van der Waals surface area contributed by atoms with Crippen molar-refractivity contribution in [3.8, 4) is 0 Å². The van der Waals surface area contributed by atoms with E-state index in [1.807, 2.05) is 6.07 Å². The van der Waals surface area contributed by atoms with Gasteiger partial charge in [-0.1, -0.05) is 24.3 Å². The lowest BCUT2D eigenvalue weighted by Crippen LogP contribution is -2.51. The van der Waals surface area contributed by atoms with Gasteiger partial charge >= 0.3 is 12.2 Å². The Morgan fingerprint density at radius 2 is 1.70 bits per heavy atom. The van der Waals surface area contributed by atoms with Crippen molar-refractivity contribution in [2.24, 2.45) is 5.92 Å². The fraction of sp³-hybridized carbons (Fsp3) is 0.650. The van der Waals surface area contributed by atoms with Crippen LogP contribution >= 0.6 is 0 Å². The summed E-state index contributed by atoms with van der Waals surface area (Å²) in [5.74, 6) is -1.27. The van der Waals surface area contributed by atoms with Gasteiger partial charge in [0.2, 0.25) is 0 Å². The molecule has 2 heterocycles. The van der Waals surface area contributed by atoms with E-state index >= 15 is 0 Å². The summed E-state index contributed by atoms with van der Waals surface area (Å²) >= 11 is 0. The van der Waals surface area contributed by atoms with Gasteiger partial charge in [0, 0.05) is 38.8 Å². The maximum atomic E-state index is 12.7. The van der Waals surface area contributed by atoms with Gasteiger partial charge in [0.15, 0.2) is 0 Å². The zero-order valence-electron chi connectivity index (χ0n) is 15.8. The topological polar surface area (TPSA) is 35.6 Å². The van der Waals surface area contributed by atoms with Gasteiger partial charge in [-0.15, -0.1) is 0 Å². The third kappa shape index (κ3) is 5.37. The highest BCUT2D eigenvalue weighted by Gasteiger charge is 2.41. The van der Waals surface area contributed by atoms with Crippen LogP contribution in [0.15, 0.2) is 24.3 Å². The average molecular weight is 383 g/mol.